The summed E-state index contributed by atoms with van der Waals surface area (Å²) >= 11 is 0. The first-order chi connectivity index (χ1) is 13.1. The zero-order valence-corrected chi connectivity index (χ0v) is 15.6. The molecule has 1 aliphatic carbocycles. The average molecular weight is 366 g/mol. The maximum atomic E-state index is 9.70. The van der Waals surface area contributed by atoms with E-state index in [0.717, 1.165) is 55.5 Å². The van der Waals surface area contributed by atoms with Crippen LogP contribution >= 0.6 is 0 Å². The number of hydrogen-bond acceptors (Lipinski definition) is 6. The highest BCUT2D eigenvalue weighted by molar-refractivity contribution is 5.95. The third-order valence-electron chi connectivity index (χ3n) is 5.57. The number of ether oxygens (including phenoxy) is 1. The lowest BCUT2D eigenvalue weighted by Gasteiger charge is -2.39. The third-order valence-corrected chi connectivity index (χ3v) is 5.57. The minimum Gasteiger partial charge on any atom is -0.393 e. The van der Waals surface area contributed by atoms with Gasteiger partial charge in [0.05, 0.1) is 29.4 Å². The van der Waals surface area contributed by atoms with E-state index in [1.165, 1.54) is 0 Å². The zero-order valence-electron chi connectivity index (χ0n) is 15.6. The predicted molar refractivity (Wildman–Crippen MR) is 105 cm³/mol. The van der Waals surface area contributed by atoms with Crippen LogP contribution in [0.15, 0.2) is 30.5 Å². The number of aromatic nitrogens is 1. The number of fused-ring (bicyclic) bond motifs is 1. The molecule has 142 valence electrons. The van der Waals surface area contributed by atoms with Crippen LogP contribution in [0.1, 0.15) is 31.7 Å². The Kier molecular flexibility index (Phi) is 5.26. The van der Waals surface area contributed by atoms with Gasteiger partial charge in [-0.15, -0.1) is 0 Å². The van der Waals surface area contributed by atoms with Crippen molar-refractivity contribution in [3.8, 4) is 6.07 Å². The van der Waals surface area contributed by atoms with Gasteiger partial charge in [0.1, 0.15) is 6.07 Å². The standard InChI is InChI=1S/C21H26N4O2/c1-14-12-25(13-18(27-14)11-24-16-5-6-17(26)9-16)20-7-4-15(10-22)21-19(20)3-2-8-23-21/h2-4,7-8,14,16-18,24,26H,5-6,9,11-13H2,1H3/t14-,16+,17-,18+/m1/s1. The van der Waals surface area contributed by atoms with Crippen LogP contribution in [0.5, 0.6) is 0 Å². The number of nitrogens with one attached hydrogen (secondary N) is 1. The van der Waals surface area contributed by atoms with Crippen LogP contribution in [-0.2, 0) is 4.74 Å². The molecule has 2 heterocycles. The molecule has 2 aromatic rings. The van der Waals surface area contributed by atoms with Gasteiger partial charge in [0.2, 0.25) is 0 Å². The fourth-order valence-corrected chi connectivity index (χ4v) is 4.32. The van der Waals surface area contributed by atoms with E-state index in [2.05, 4.69) is 28.2 Å². The van der Waals surface area contributed by atoms with E-state index in [1.807, 2.05) is 24.3 Å². The summed E-state index contributed by atoms with van der Waals surface area (Å²) in [6.07, 6.45) is 4.53. The number of benzene rings is 1. The smallest absolute Gasteiger partial charge is 0.101 e. The molecule has 0 spiro atoms. The molecule has 1 saturated heterocycles. The molecule has 27 heavy (non-hydrogen) atoms. The fraction of sp³-hybridized carbons (Fsp3) is 0.524. The largest absolute Gasteiger partial charge is 0.393 e. The van der Waals surface area contributed by atoms with Gasteiger partial charge in [-0.25, -0.2) is 0 Å². The van der Waals surface area contributed by atoms with Crippen molar-refractivity contribution in [1.82, 2.24) is 10.3 Å². The first-order valence-electron chi connectivity index (χ1n) is 9.73. The van der Waals surface area contributed by atoms with Crippen LogP contribution in [0.25, 0.3) is 10.9 Å². The van der Waals surface area contributed by atoms with Crippen molar-refractivity contribution in [3.63, 3.8) is 0 Å². The summed E-state index contributed by atoms with van der Waals surface area (Å²) in [4.78, 5) is 6.77. The second kappa shape index (κ2) is 7.81. The molecule has 0 amide bonds. The number of nitriles is 1. The first-order valence-corrected chi connectivity index (χ1v) is 9.73. The van der Waals surface area contributed by atoms with E-state index in [9.17, 15) is 10.4 Å². The van der Waals surface area contributed by atoms with E-state index >= 15 is 0 Å². The van der Waals surface area contributed by atoms with E-state index in [0.29, 0.717) is 11.6 Å². The zero-order chi connectivity index (χ0) is 18.8. The number of nitrogens with zero attached hydrogens (tertiary/aromatic N) is 3. The highest BCUT2D eigenvalue weighted by Gasteiger charge is 2.29. The second-order valence-electron chi connectivity index (χ2n) is 7.69. The summed E-state index contributed by atoms with van der Waals surface area (Å²) in [5, 5.41) is 23.6. The summed E-state index contributed by atoms with van der Waals surface area (Å²) in [5.74, 6) is 0. The molecule has 0 unspecified atom stereocenters. The molecule has 1 aliphatic heterocycles. The highest BCUT2D eigenvalue weighted by Crippen LogP contribution is 2.30. The van der Waals surface area contributed by atoms with E-state index < -0.39 is 0 Å². The van der Waals surface area contributed by atoms with Crippen molar-refractivity contribution in [2.24, 2.45) is 0 Å². The highest BCUT2D eigenvalue weighted by atomic mass is 16.5. The van der Waals surface area contributed by atoms with Gasteiger partial charge in [-0.3, -0.25) is 4.98 Å². The average Bonchev–Trinajstić information content (AvgIpc) is 3.10. The van der Waals surface area contributed by atoms with Crippen LogP contribution in [0.3, 0.4) is 0 Å². The van der Waals surface area contributed by atoms with Gasteiger partial charge >= 0.3 is 0 Å². The molecule has 2 fully saturated rings. The summed E-state index contributed by atoms with van der Waals surface area (Å²) in [7, 11) is 0. The molecule has 4 rings (SSSR count). The van der Waals surface area contributed by atoms with Crippen LogP contribution in [-0.4, -0.2) is 54.1 Å². The molecule has 6 heteroatoms. The summed E-state index contributed by atoms with van der Waals surface area (Å²) in [5.41, 5.74) is 2.47. The molecule has 0 bridgehead atoms. The minimum absolute atomic E-state index is 0.0915. The molecule has 2 aliphatic rings. The van der Waals surface area contributed by atoms with E-state index in [-0.39, 0.29) is 18.3 Å². The van der Waals surface area contributed by atoms with Crippen molar-refractivity contribution in [1.29, 1.82) is 5.26 Å². The fourth-order valence-electron chi connectivity index (χ4n) is 4.32. The Labute approximate surface area is 159 Å². The quantitative estimate of drug-likeness (QED) is 0.863. The molecule has 6 nitrogen and oxygen atoms in total. The van der Waals surface area contributed by atoms with Gasteiger partial charge in [-0.2, -0.15) is 5.26 Å². The van der Waals surface area contributed by atoms with Crippen LogP contribution in [0.2, 0.25) is 0 Å². The Morgan fingerprint density at radius 1 is 1.33 bits per heavy atom. The number of aliphatic hydroxyl groups is 1. The summed E-state index contributed by atoms with van der Waals surface area (Å²) < 4.78 is 6.15. The Balaban J connectivity index is 1.52. The molecular formula is C21H26N4O2. The maximum absolute atomic E-state index is 9.70. The Morgan fingerprint density at radius 2 is 2.22 bits per heavy atom. The van der Waals surface area contributed by atoms with Crippen LogP contribution in [0.4, 0.5) is 5.69 Å². The molecule has 1 aromatic heterocycles. The Morgan fingerprint density at radius 3 is 3.00 bits per heavy atom. The number of hydrogen-bond donors (Lipinski definition) is 2. The van der Waals surface area contributed by atoms with Gasteiger partial charge < -0.3 is 20.1 Å². The normalized spacial score (nSPS) is 28.4. The SMILES string of the molecule is C[C@@H]1CN(c2ccc(C#N)c3ncccc23)C[C@H](CN[C@H]2CC[C@@H](O)C2)O1. The van der Waals surface area contributed by atoms with Gasteiger partial charge in [0, 0.05) is 42.9 Å². The first kappa shape index (κ1) is 18.2. The van der Waals surface area contributed by atoms with Gasteiger partial charge in [0.25, 0.3) is 0 Å². The summed E-state index contributed by atoms with van der Waals surface area (Å²) in [6.45, 7) is 4.49. The lowest BCUT2D eigenvalue weighted by molar-refractivity contribution is -0.0158. The lowest BCUT2D eigenvalue weighted by Crippen LogP contribution is -2.51. The van der Waals surface area contributed by atoms with Crippen molar-refractivity contribution in [2.45, 2.75) is 50.5 Å². The number of rotatable bonds is 4. The molecule has 0 radical (unpaired) electrons. The predicted octanol–water partition coefficient (Wildman–Crippen LogP) is 2.20. The van der Waals surface area contributed by atoms with Crippen LogP contribution < -0.4 is 10.2 Å². The molecule has 4 atom stereocenters. The second-order valence-corrected chi connectivity index (χ2v) is 7.69. The molecule has 1 aromatic carbocycles. The number of anilines is 1. The van der Waals surface area contributed by atoms with E-state index in [1.54, 1.807) is 6.20 Å². The Hall–Kier alpha value is -2.20. The third kappa shape index (κ3) is 3.91. The topological polar surface area (TPSA) is 81.4 Å². The Bertz CT molecular complexity index is 850. The van der Waals surface area contributed by atoms with Crippen molar-refractivity contribution in [2.75, 3.05) is 24.5 Å². The van der Waals surface area contributed by atoms with Crippen LogP contribution in [0, 0.1) is 11.3 Å². The minimum atomic E-state index is -0.164. The number of aliphatic hydroxyl groups excluding tert-OH is 1. The van der Waals surface area contributed by atoms with Crippen molar-refractivity contribution >= 4 is 16.6 Å². The van der Waals surface area contributed by atoms with Crippen molar-refractivity contribution < 1.29 is 9.84 Å². The summed E-state index contributed by atoms with van der Waals surface area (Å²) in [6, 6.07) is 10.5. The lowest BCUT2D eigenvalue weighted by atomic mass is 10.1. The monoisotopic (exact) mass is 366 g/mol. The molecular weight excluding hydrogens is 340 g/mol. The molecule has 1 saturated carbocycles. The maximum Gasteiger partial charge on any atom is 0.101 e. The van der Waals surface area contributed by atoms with Gasteiger partial charge in [-0.1, -0.05) is 0 Å². The van der Waals surface area contributed by atoms with Gasteiger partial charge in [-0.05, 0) is 50.5 Å². The van der Waals surface area contributed by atoms with E-state index in [4.69, 9.17) is 4.74 Å². The molecule has 2 N–H and O–H groups in total. The number of morpholine rings is 1. The van der Waals surface area contributed by atoms with Gasteiger partial charge in [0.15, 0.2) is 0 Å². The number of pyridine rings is 1. The van der Waals surface area contributed by atoms with Crippen molar-refractivity contribution in [3.05, 3.63) is 36.0 Å².